The van der Waals surface area contributed by atoms with Crippen LogP contribution in [0.15, 0.2) is 64.5 Å². The van der Waals surface area contributed by atoms with Crippen LogP contribution in [0.2, 0.25) is 0 Å². The van der Waals surface area contributed by atoms with Gasteiger partial charge in [0.1, 0.15) is 6.33 Å². The van der Waals surface area contributed by atoms with E-state index in [9.17, 15) is 21.9 Å². The molecule has 0 aliphatic carbocycles. The molecule has 12 heteroatoms. The van der Waals surface area contributed by atoms with Crippen LogP contribution in [-0.4, -0.2) is 33.8 Å². The smallest absolute Gasteiger partial charge is 0.332 e. The molecule has 0 saturated heterocycles. The molecular formula is C19H15FN6O4S. The topological polar surface area (TPSA) is 153 Å². The Morgan fingerprint density at radius 1 is 1.19 bits per heavy atom. The number of hydrogen-bond acceptors (Lipinski definition) is 7. The average Bonchev–Trinajstić information content (AvgIpc) is 3.12. The normalized spacial score (nSPS) is 11.5. The lowest BCUT2D eigenvalue weighted by Crippen LogP contribution is -2.14. The highest BCUT2D eigenvalue weighted by molar-refractivity contribution is 7.86. The predicted molar refractivity (Wildman–Crippen MR) is 111 cm³/mol. The highest BCUT2D eigenvalue weighted by Gasteiger charge is 2.13. The number of carbonyl (C=O) groups is 1. The van der Waals surface area contributed by atoms with Gasteiger partial charge in [-0.25, -0.2) is 4.98 Å². The van der Waals surface area contributed by atoms with Crippen molar-refractivity contribution in [1.82, 2.24) is 19.5 Å². The van der Waals surface area contributed by atoms with E-state index in [-0.39, 0.29) is 29.4 Å². The Morgan fingerprint density at radius 3 is 2.65 bits per heavy atom. The number of halogens is 1. The lowest BCUT2D eigenvalue weighted by Gasteiger charge is -2.09. The monoisotopic (exact) mass is 442 g/mol. The molecule has 0 spiro atoms. The third kappa shape index (κ3) is 4.28. The molecule has 158 valence electrons. The molecule has 0 radical (unpaired) electrons. The van der Waals surface area contributed by atoms with Crippen molar-refractivity contribution in [1.29, 1.82) is 0 Å². The van der Waals surface area contributed by atoms with Crippen LogP contribution in [0.5, 0.6) is 0 Å². The zero-order chi connectivity index (χ0) is 22.2. The first kappa shape index (κ1) is 20.2. The van der Waals surface area contributed by atoms with Gasteiger partial charge in [-0.05, 0) is 35.9 Å². The van der Waals surface area contributed by atoms with Gasteiger partial charge in [0, 0.05) is 5.69 Å². The van der Waals surface area contributed by atoms with Gasteiger partial charge < -0.3 is 11.1 Å². The molecule has 0 saturated carbocycles. The zero-order valence-electron chi connectivity index (χ0n) is 15.7. The predicted octanol–water partition coefficient (Wildman–Crippen LogP) is 1.53. The fraction of sp³-hybridized carbons (Fsp3) is 0.0526. The minimum atomic E-state index is -4.79. The average molecular weight is 442 g/mol. The van der Waals surface area contributed by atoms with E-state index in [1.807, 2.05) is 0 Å². The molecule has 2 heterocycles. The number of nitrogen functional groups attached to an aromatic ring is 1. The second-order valence-corrected chi connectivity index (χ2v) is 7.94. The summed E-state index contributed by atoms with van der Waals surface area (Å²) in [6, 6.07) is 11.7. The van der Waals surface area contributed by atoms with E-state index in [0.29, 0.717) is 16.9 Å². The molecular weight excluding hydrogens is 427 g/mol. The highest BCUT2D eigenvalue weighted by Crippen LogP contribution is 2.19. The fourth-order valence-corrected chi connectivity index (χ4v) is 3.47. The van der Waals surface area contributed by atoms with Gasteiger partial charge >= 0.3 is 10.2 Å². The highest BCUT2D eigenvalue weighted by atomic mass is 32.3. The summed E-state index contributed by atoms with van der Waals surface area (Å²) in [7, 11) is -4.79. The SMILES string of the molecule is Nc1nc2c(ncn2-c2cccc(NC(=O)Cc3ccc(S(=O)(=O)F)cc3)c2)c(=O)[nH]1. The van der Waals surface area contributed by atoms with Gasteiger partial charge in [-0.3, -0.25) is 19.1 Å². The van der Waals surface area contributed by atoms with Gasteiger partial charge in [0.2, 0.25) is 11.9 Å². The van der Waals surface area contributed by atoms with Gasteiger partial charge in [-0.2, -0.15) is 13.4 Å². The van der Waals surface area contributed by atoms with Gasteiger partial charge in [0.05, 0.1) is 17.0 Å². The number of aromatic amines is 1. The zero-order valence-corrected chi connectivity index (χ0v) is 16.6. The Labute approximate surface area is 174 Å². The Bertz CT molecular complexity index is 1460. The van der Waals surface area contributed by atoms with Crippen LogP contribution >= 0.6 is 0 Å². The number of amides is 1. The molecule has 2 aromatic heterocycles. The van der Waals surface area contributed by atoms with Crippen LogP contribution in [-0.2, 0) is 21.4 Å². The second kappa shape index (κ2) is 7.65. The summed E-state index contributed by atoms with van der Waals surface area (Å²) in [4.78, 5) is 34.4. The molecule has 0 aliphatic heterocycles. The first-order valence-corrected chi connectivity index (χ1v) is 10.3. The first-order valence-electron chi connectivity index (χ1n) is 8.87. The third-order valence-electron chi connectivity index (χ3n) is 4.40. The van der Waals surface area contributed by atoms with E-state index in [0.717, 1.165) is 12.1 Å². The minimum Gasteiger partial charge on any atom is -0.369 e. The van der Waals surface area contributed by atoms with Crippen LogP contribution in [0.1, 0.15) is 5.56 Å². The Morgan fingerprint density at radius 2 is 1.94 bits per heavy atom. The van der Waals surface area contributed by atoms with Crippen molar-refractivity contribution in [2.75, 3.05) is 11.1 Å². The molecule has 4 rings (SSSR count). The molecule has 4 N–H and O–H groups in total. The van der Waals surface area contributed by atoms with Crippen LogP contribution in [0.3, 0.4) is 0 Å². The quantitative estimate of drug-likeness (QED) is 0.396. The van der Waals surface area contributed by atoms with E-state index in [2.05, 4.69) is 20.3 Å². The van der Waals surface area contributed by atoms with Crippen molar-refractivity contribution < 1.29 is 17.1 Å². The number of hydrogen-bond donors (Lipinski definition) is 3. The number of carbonyl (C=O) groups excluding carboxylic acids is 1. The molecule has 31 heavy (non-hydrogen) atoms. The number of fused-ring (bicyclic) bond motifs is 1. The number of rotatable bonds is 5. The van der Waals surface area contributed by atoms with Crippen LogP contribution in [0.25, 0.3) is 16.9 Å². The van der Waals surface area contributed by atoms with Crippen molar-refractivity contribution in [3.63, 3.8) is 0 Å². The lowest BCUT2D eigenvalue weighted by molar-refractivity contribution is -0.115. The maximum Gasteiger partial charge on any atom is 0.332 e. The molecule has 0 unspecified atom stereocenters. The summed E-state index contributed by atoms with van der Waals surface area (Å²) in [6.45, 7) is 0. The summed E-state index contributed by atoms with van der Waals surface area (Å²) >= 11 is 0. The number of aromatic nitrogens is 4. The van der Waals surface area contributed by atoms with Gasteiger partial charge in [-0.15, -0.1) is 3.89 Å². The van der Waals surface area contributed by atoms with E-state index >= 15 is 0 Å². The molecule has 0 bridgehead atoms. The number of imidazole rings is 1. The largest absolute Gasteiger partial charge is 0.369 e. The maximum atomic E-state index is 13.0. The number of H-pyrrole nitrogens is 1. The number of nitrogens with two attached hydrogens (primary N) is 1. The maximum absolute atomic E-state index is 13.0. The third-order valence-corrected chi connectivity index (χ3v) is 5.24. The van der Waals surface area contributed by atoms with Crippen molar-refractivity contribution in [3.8, 4) is 5.69 Å². The second-order valence-electron chi connectivity index (χ2n) is 6.60. The van der Waals surface area contributed by atoms with Gasteiger partial charge in [-0.1, -0.05) is 18.2 Å². The lowest BCUT2D eigenvalue weighted by atomic mass is 10.1. The minimum absolute atomic E-state index is 0.0433. The summed E-state index contributed by atoms with van der Waals surface area (Å²) in [5.74, 6) is -0.405. The number of benzene rings is 2. The number of nitrogens with one attached hydrogen (secondary N) is 2. The molecule has 1 amide bonds. The standard InChI is InChI=1S/C19H15FN6O4S/c20-31(29,30)14-6-4-11(5-7-14)8-15(27)23-12-2-1-3-13(9-12)26-10-22-16-17(26)24-19(21)25-18(16)28/h1-7,9-10H,8H2,(H,23,27)(H3,21,24,25,28). The molecule has 2 aromatic carbocycles. The van der Waals surface area contributed by atoms with E-state index < -0.39 is 20.7 Å². The van der Waals surface area contributed by atoms with Crippen LogP contribution < -0.4 is 16.6 Å². The summed E-state index contributed by atoms with van der Waals surface area (Å²) < 4.78 is 36.3. The summed E-state index contributed by atoms with van der Waals surface area (Å²) in [5, 5.41) is 2.73. The van der Waals surface area contributed by atoms with Crippen molar-refractivity contribution >= 4 is 38.9 Å². The van der Waals surface area contributed by atoms with Crippen molar-refractivity contribution in [2.24, 2.45) is 0 Å². The Balaban J connectivity index is 1.54. The Kier molecular flexibility index (Phi) is 4.99. The molecule has 0 aliphatic rings. The first-order chi connectivity index (χ1) is 14.7. The molecule has 4 aromatic rings. The van der Waals surface area contributed by atoms with Gasteiger partial charge in [0.15, 0.2) is 11.2 Å². The number of anilines is 2. The number of nitrogens with zero attached hydrogens (tertiary/aromatic N) is 3. The van der Waals surface area contributed by atoms with E-state index in [4.69, 9.17) is 5.73 Å². The van der Waals surface area contributed by atoms with E-state index in [1.165, 1.54) is 18.5 Å². The van der Waals surface area contributed by atoms with Crippen LogP contribution in [0.4, 0.5) is 15.5 Å². The summed E-state index contributed by atoms with van der Waals surface area (Å²) in [6.07, 6.45) is 1.38. The van der Waals surface area contributed by atoms with Gasteiger partial charge in [0.25, 0.3) is 5.56 Å². The van der Waals surface area contributed by atoms with Crippen molar-refractivity contribution in [2.45, 2.75) is 11.3 Å². The fourth-order valence-electron chi connectivity index (χ4n) is 3.01. The summed E-state index contributed by atoms with van der Waals surface area (Å²) in [5.41, 5.74) is 7.14. The van der Waals surface area contributed by atoms with Crippen molar-refractivity contribution in [3.05, 3.63) is 70.8 Å². The van der Waals surface area contributed by atoms with Crippen LogP contribution in [0, 0.1) is 0 Å². The molecule has 10 nitrogen and oxygen atoms in total. The van der Waals surface area contributed by atoms with E-state index in [1.54, 1.807) is 28.8 Å². The molecule has 0 fully saturated rings. The Hall–Kier alpha value is -4.06. The molecule has 0 atom stereocenters.